The molecule has 4 unspecified atom stereocenters. The standard InChI is InChI=1S/C27H32F2N6O6/c1-3-39-26(37)31-14-19-15-35(27(38)40-19)18-11-20(28)22(21(29)12-18)33-7-9-34(10-8-33)25(36)16(2)32-24-23(41-24)17-5-4-6-30-13-17/h4-6,11-13,16,19,23-24,32H,3,7-10,14-15H2,1-2H3,(H,31,37). The summed E-state index contributed by atoms with van der Waals surface area (Å²) in [6.45, 7) is 4.66. The number of cyclic esters (lactones) is 1. The van der Waals surface area contributed by atoms with Crippen molar-refractivity contribution < 1.29 is 37.4 Å². The van der Waals surface area contributed by atoms with E-state index < -0.39 is 36.0 Å². The Kier molecular flexibility index (Phi) is 8.49. The predicted octanol–water partition coefficient (Wildman–Crippen LogP) is 2.16. The first-order chi connectivity index (χ1) is 19.7. The SMILES string of the molecule is CCOC(=O)NCC1CN(c2cc(F)c(N3CCN(C(=O)C(C)NC4OC4c4cccnc4)CC3)c(F)c2)C(=O)O1. The number of hydrogen-bond acceptors (Lipinski definition) is 9. The summed E-state index contributed by atoms with van der Waals surface area (Å²) in [6, 6.07) is 5.40. The number of hydrogen-bond donors (Lipinski definition) is 2. The molecule has 3 amide bonds. The molecule has 0 aliphatic carbocycles. The molecule has 1 aromatic carbocycles. The van der Waals surface area contributed by atoms with Crippen LogP contribution in [0.25, 0.3) is 0 Å². The van der Waals surface area contributed by atoms with Crippen LogP contribution < -0.4 is 20.4 Å². The van der Waals surface area contributed by atoms with Gasteiger partial charge in [0.15, 0.2) is 11.6 Å². The number of benzene rings is 1. The molecule has 5 rings (SSSR count). The van der Waals surface area contributed by atoms with Gasteiger partial charge in [0.05, 0.1) is 31.4 Å². The highest BCUT2D eigenvalue weighted by molar-refractivity contribution is 5.90. The highest BCUT2D eigenvalue weighted by Gasteiger charge is 2.42. The Balaban J connectivity index is 1.13. The van der Waals surface area contributed by atoms with Crippen LogP contribution in [0.1, 0.15) is 25.5 Å². The number of nitrogens with one attached hydrogen (secondary N) is 2. The number of epoxide rings is 1. The van der Waals surface area contributed by atoms with Gasteiger partial charge in [0, 0.05) is 56.3 Å². The molecule has 220 valence electrons. The molecule has 0 spiro atoms. The number of carbonyl (C=O) groups excluding carboxylic acids is 3. The number of aromatic nitrogens is 1. The lowest BCUT2D eigenvalue weighted by Gasteiger charge is -2.37. The molecule has 41 heavy (non-hydrogen) atoms. The average molecular weight is 575 g/mol. The van der Waals surface area contributed by atoms with Gasteiger partial charge in [-0.1, -0.05) is 6.07 Å². The third-order valence-electron chi connectivity index (χ3n) is 7.13. The zero-order valence-electron chi connectivity index (χ0n) is 22.7. The Bertz CT molecular complexity index is 1260. The Hall–Kier alpha value is -4.04. The molecule has 2 N–H and O–H groups in total. The van der Waals surface area contributed by atoms with Gasteiger partial charge in [-0.15, -0.1) is 0 Å². The first-order valence-corrected chi connectivity index (χ1v) is 13.5. The monoisotopic (exact) mass is 574 g/mol. The van der Waals surface area contributed by atoms with Crippen molar-refractivity contribution in [1.29, 1.82) is 0 Å². The molecule has 4 atom stereocenters. The van der Waals surface area contributed by atoms with Gasteiger partial charge in [-0.05, 0) is 19.9 Å². The second-order valence-corrected chi connectivity index (χ2v) is 9.94. The number of carbonyl (C=O) groups is 3. The quantitative estimate of drug-likeness (QED) is 0.433. The predicted molar refractivity (Wildman–Crippen MR) is 142 cm³/mol. The summed E-state index contributed by atoms with van der Waals surface area (Å²) in [5, 5.41) is 5.65. The van der Waals surface area contributed by atoms with Gasteiger partial charge in [-0.2, -0.15) is 0 Å². The first-order valence-electron chi connectivity index (χ1n) is 13.5. The van der Waals surface area contributed by atoms with Crippen molar-refractivity contribution in [1.82, 2.24) is 20.5 Å². The molecule has 2 aromatic rings. The zero-order valence-corrected chi connectivity index (χ0v) is 22.7. The lowest BCUT2D eigenvalue weighted by Crippen LogP contribution is -2.54. The minimum absolute atomic E-state index is 0.0000243. The third kappa shape index (κ3) is 6.49. The van der Waals surface area contributed by atoms with Gasteiger partial charge >= 0.3 is 12.2 Å². The summed E-state index contributed by atoms with van der Waals surface area (Å²) in [5.41, 5.74) is 0.722. The summed E-state index contributed by atoms with van der Waals surface area (Å²) >= 11 is 0. The smallest absolute Gasteiger partial charge is 0.414 e. The lowest BCUT2D eigenvalue weighted by molar-refractivity contribution is -0.133. The maximum absolute atomic E-state index is 15.2. The molecular weight excluding hydrogens is 542 g/mol. The van der Waals surface area contributed by atoms with Crippen LogP contribution in [0.4, 0.5) is 29.7 Å². The van der Waals surface area contributed by atoms with E-state index in [1.54, 1.807) is 36.0 Å². The first kappa shape index (κ1) is 28.5. The normalized spacial score (nSPS) is 22.8. The van der Waals surface area contributed by atoms with E-state index in [1.807, 2.05) is 12.1 Å². The number of rotatable bonds is 9. The van der Waals surface area contributed by atoms with Crippen molar-refractivity contribution in [2.75, 3.05) is 55.7 Å². The molecule has 3 aliphatic heterocycles. The number of pyridine rings is 1. The van der Waals surface area contributed by atoms with Crippen LogP contribution in [-0.2, 0) is 19.0 Å². The van der Waals surface area contributed by atoms with E-state index in [0.717, 1.165) is 22.6 Å². The fourth-order valence-electron chi connectivity index (χ4n) is 5.01. The van der Waals surface area contributed by atoms with Crippen LogP contribution in [0.3, 0.4) is 0 Å². The molecule has 12 nitrogen and oxygen atoms in total. The maximum atomic E-state index is 15.2. The second kappa shape index (κ2) is 12.2. The summed E-state index contributed by atoms with van der Waals surface area (Å²) in [7, 11) is 0. The minimum Gasteiger partial charge on any atom is -0.450 e. The molecule has 3 fully saturated rings. The van der Waals surface area contributed by atoms with Crippen LogP contribution >= 0.6 is 0 Å². The Morgan fingerprint density at radius 3 is 2.59 bits per heavy atom. The number of piperazine rings is 1. The van der Waals surface area contributed by atoms with Crippen molar-refractivity contribution in [3.63, 3.8) is 0 Å². The Labute approximate surface area is 235 Å². The largest absolute Gasteiger partial charge is 0.450 e. The van der Waals surface area contributed by atoms with Crippen LogP contribution in [-0.4, -0.2) is 92.2 Å². The molecule has 4 heterocycles. The van der Waals surface area contributed by atoms with Crippen molar-refractivity contribution in [3.8, 4) is 0 Å². The van der Waals surface area contributed by atoms with E-state index >= 15 is 8.78 Å². The number of nitrogens with zero attached hydrogens (tertiary/aromatic N) is 4. The van der Waals surface area contributed by atoms with E-state index in [0.29, 0.717) is 0 Å². The number of halogens is 2. The van der Waals surface area contributed by atoms with Gasteiger partial charge in [-0.25, -0.2) is 18.4 Å². The number of anilines is 2. The van der Waals surface area contributed by atoms with E-state index in [9.17, 15) is 14.4 Å². The van der Waals surface area contributed by atoms with Crippen LogP contribution in [0.5, 0.6) is 0 Å². The van der Waals surface area contributed by atoms with Gasteiger partial charge in [0.2, 0.25) is 5.91 Å². The van der Waals surface area contributed by atoms with Gasteiger partial charge in [0.1, 0.15) is 24.1 Å². The summed E-state index contributed by atoms with van der Waals surface area (Å²) in [4.78, 5) is 45.2. The fraction of sp³-hybridized carbons (Fsp3) is 0.481. The molecule has 14 heteroatoms. The van der Waals surface area contributed by atoms with Crippen molar-refractivity contribution >= 4 is 29.5 Å². The maximum Gasteiger partial charge on any atom is 0.414 e. The van der Waals surface area contributed by atoms with Crippen LogP contribution in [0.2, 0.25) is 0 Å². The molecule has 0 radical (unpaired) electrons. The van der Waals surface area contributed by atoms with Crippen molar-refractivity contribution in [2.45, 2.75) is 38.3 Å². The molecule has 1 aromatic heterocycles. The summed E-state index contributed by atoms with van der Waals surface area (Å²) in [5.74, 6) is -1.79. The van der Waals surface area contributed by atoms with Crippen LogP contribution in [0.15, 0.2) is 36.7 Å². The number of amides is 3. The van der Waals surface area contributed by atoms with Crippen molar-refractivity contribution in [2.24, 2.45) is 0 Å². The van der Waals surface area contributed by atoms with Crippen LogP contribution in [0, 0.1) is 11.6 Å². The molecule has 0 saturated carbocycles. The third-order valence-corrected chi connectivity index (χ3v) is 7.13. The van der Waals surface area contributed by atoms with Gasteiger partial charge < -0.3 is 29.3 Å². The highest BCUT2D eigenvalue weighted by atomic mass is 19.1. The second-order valence-electron chi connectivity index (χ2n) is 9.94. The topological polar surface area (TPSA) is 129 Å². The van der Waals surface area contributed by atoms with Gasteiger partial charge in [-0.3, -0.25) is 20.0 Å². The minimum atomic E-state index is -0.831. The Morgan fingerprint density at radius 2 is 1.93 bits per heavy atom. The average Bonchev–Trinajstić information content (AvgIpc) is 3.63. The molecule has 3 aliphatic rings. The fourth-order valence-corrected chi connectivity index (χ4v) is 5.01. The number of alkyl carbamates (subject to hydrolysis) is 1. The van der Waals surface area contributed by atoms with E-state index in [1.165, 1.54) is 0 Å². The van der Waals surface area contributed by atoms with E-state index in [4.69, 9.17) is 14.2 Å². The number of ether oxygens (including phenoxy) is 3. The highest BCUT2D eigenvalue weighted by Crippen LogP contribution is 2.36. The lowest BCUT2D eigenvalue weighted by atomic mass is 10.1. The summed E-state index contributed by atoms with van der Waals surface area (Å²) < 4.78 is 46.0. The summed E-state index contributed by atoms with van der Waals surface area (Å²) in [6.07, 6.45) is 0.848. The van der Waals surface area contributed by atoms with E-state index in [-0.39, 0.29) is 75.5 Å². The zero-order chi connectivity index (χ0) is 29.1. The molecular formula is C27H32F2N6O6. The van der Waals surface area contributed by atoms with Crippen molar-refractivity contribution in [3.05, 3.63) is 53.9 Å². The Morgan fingerprint density at radius 1 is 1.20 bits per heavy atom. The molecule has 3 saturated heterocycles. The van der Waals surface area contributed by atoms with E-state index in [2.05, 4.69) is 15.6 Å². The van der Waals surface area contributed by atoms with Gasteiger partial charge in [0.25, 0.3) is 0 Å². The molecule has 0 bridgehead atoms.